The molecule has 27 heavy (non-hydrogen) atoms. The monoisotopic (exact) mass is 391 g/mol. The number of nitrogens with zero attached hydrogens (tertiary/aromatic N) is 4. The van der Waals surface area contributed by atoms with Gasteiger partial charge >= 0.3 is 0 Å². The highest BCUT2D eigenvalue weighted by Crippen LogP contribution is 2.32. The number of amides is 1. The minimum atomic E-state index is -0.322. The van der Waals surface area contributed by atoms with Gasteiger partial charge in [0, 0.05) is 19.6 Å². The van der Waals surface area contributed by atoms with Crippen LogP contribution in [-0.2, 0) is 9.53 Å². The fourth-order valence-corrected chi connectivity index (χ4v) is 4.41. The van der Waals surface area contributed by atoms with E-state index in [0.29, 0.717) is 49.6 Å². The molecule has 1 aromatic heterocycles. The average molecular weight is 391 g/mol. The number of hydrogen-bond acceptors (Lipinski definition) is 6. The molecule has 2 aliphatic heterocycles. The molecule has 2 aromatic rings. The predicted octanol–water partition coefficient (Wildman–Crippen LogP) is 2.00. The van der Waals surface area contributed by atoms with Crippen LogP contribution < -0.4 is 10.2 Å². The van der Waals surface area contributed by atoms with Gasteiger partial charge in [0.05, 0.1) is 24.2 Å². The Balaban J connectivity index is 1.70. The summed E-state index contributed by atoms with van der Waals surface area (Å²) in [5.74, 6) is 0.358. The molecule has 1 N–H and O–H groups in total. The van der Waals surface area contributed by atoms with Crippen LogP contribution >= 0.6 is 11.8 Å². The number of rotatable bonds is 4. The Morgan fingerprint density at radius 2 is 2.07 bits per heavy atom. The molecule has 1 atom stereocenters. The van der Waals surface area contributed by atoms with Gasteiger partial charge in [0.2, 0.25) is 11.9 Å². The Morgan fingerprint density at radius 1 is 1.22 bits per heavy atom. The molecule has 0 aliphatic carbocycles. The predicted molar refractivity (Wildman–Crippen MR) is 101 cm³/mol. The number of thioether (sulfide) groups is 1. The minimum Gasteiger partial charge on any atom is -0.378 e. The van der Waals surface area contributed by atoms with Gasteiger partial charge in [0.15, 0.2) is 5.16 Å². The molecule has 0 saturated carbocycles. The number of ether oxygens (including phenoxy) is 1. The second-order valence-electron chi connectivity index (χ2n) is 6.59. The van der Waals surface area contributed by atoms with E-state index in [0.717, 1.165) is 19.3 Å². The van der Waals surface area contributed by atoms with Gasteiger partial charge in [-0.3, -0.25) is 9.36 Å². The van der Waals surface area contributed by atoms with Crippen LogP contribution in [0.15, 0.2) is 29.4 Å². The Bertz CT molecular complexity index is 809. The quantitative estimate of drug-likeness (QED) is 0.860. The maximum Gasteiger partial charge on any atom is 0.233 e. The summed E-state index contributed by atoms with van der Waals surface area (Å²) < 4.78 is 21.1. The van der Waals surface area contributed by atoms with Gasteiger partial charge in [0.1, 0.15) is 5.82 Å². The van der Waals surface area contributed by atoms with Crippen molar-refractivity contribution in [3.05, 3.63) is 30.1 Å². The second kappa shape index (κ2) is 8.26. The van der Waals surface area contributed by atoms with Crippen LogP contribution in [0.2, 0.25) is 0 Å². The highest BCUT2D eigenvalue weighted by Gasteiger charge is 2.27. The lowest BCUT2D eigenvalue weighted by Gasteiger charge is -2.28. The maximum atomic E-state index is 13.9. The third kappa shape index (κ3) is 4.08. The standard InChI is InChI=1S/C18H22FN5O2S/c19-13-4-3-5-14(12-13)24-17(23-8-10-26-11-9-23)21-22-18(24)27-15-6-1-2-7-20-16(15)25/h3-5,12,15H,1-2,6-11H2,(H,20,25)/t15-/m0/s1. The smallest absolute Gasteiger partial charge is 0.233 e. The summed E-state index contributed by atoms with van der Waals surface area (Å²) in [5, 5.41) is 12.0. The number of nitrogens with one attached hydrogen (secondary N) is 1. The number of halogens is 1. The number of carbonyl (C=O) groups is 1. The zero-order valence-corrected chi connectivity index (χ0v) is 15.8. The van der Waals surface area contributed by atoms with E-state index in [2.05, 4.69) is 20.4 Å². The minimum absolute atomic E-state index is 0.0271. The lowest BCUT2D eigenvalue weighted by atomic mass is 10.2. The van der Waals surface area contributed by atoms with E-state index >= 15 is 0 Å². The summed E-state index contributed by atoms with van der Waals surface area (Å²) in [7, 11) is 0. The van der Waals surface area contributed by atoms with E-state index < -0.39 is 0 Å². The third-order valence-electron chi connectivity index (χ3n) is 4.71. The van der Waals surface area contributed by atoms with Crippen molar-refractivity contribution in [2.24, 2.45) is 0 Å². The van der Waals surface area contributed by atoms with Gasteiger partial charge in [-0.2, -0.15) is 0 Å². The first-order valence-electron chi connectivity index (χ1n) is 9.21. The van der Waals surface area contributed by atoms with Gasteiger partial charge in [-0.25, -0.2) is 4.39 Å². The van der Waals surface area contributed by atoms with E-state index in [9.17, 15) is 9.18 Å². The van der Waals surface area contributed by atoms with Crippen molar-refractivity contribution >= 4 is 23.6 Å². The SMILES string of the molecule is O=C1NCCCC[C@@H]1Sc1nnc(N2CCOCC2)n1-c1cccc(F)c1. The number of hydrogen-bond donors (Lipinski definition) is 1. The Kier molecular flexibility index (Phi) is 5.58. The topological polar surface area (TPSA) is 72.3 Å². The first kappa shape index (κ1) is 18.2. The summed E-state index contributed by atoms with van der Waals surface area (Å²) in [6.07, 6.45) is 2.76. The van der Waals surface area contributed by atoms with E-state index in [-0.39, 0.29) is 17.0 Å². The first-order chi connectivity index (χ1) is 13.2. The fraction of sp³-hybridized carbons (Fsp3) is 0.500. The van der Waals surface area contributed by atoms with E-state index in [4.69, 9.17) is 4.74 Å². The largest absolute Gasteiger partial charge is 0.378 e. The second-order valence-corrected chi connectivity index (χ2v) is 7.76. The highest BCUT2D eigenvalue weighted by molar-refractivity contribution is 8.00. The van der Waals surface area contributed by atoms with Crippen LogP contribution in [0.4, 0.5) is 10.3 Å². The fourth-order valence-electron chi connectivity index (χ4n) is 3.30. The molecule has 0 unspecified atom stereocenters. The summed E-state index contributed by atoms with van der Waals surface area (Å²) >= 11 is 1.40. The molecule has 0 radical (unpaired) electrons. The number of carbonyl (C=O) groups excluding carboxylic acids is 1. The van der Waals surface area contributed by atoms with Crippen molar-refractivity contribution in [3.63, 3.8) is 0 Å². The number of morpholine rings is 1. The molecule has 2 aliphatic rings. The molecule has 9 heteroatoms. The highest BCUT2D eigenvalue weighted by atomic mass is 32.2. The number of benzene rings is 1. The van der Waals surface area contributed by atoms with Crippen LogP contribution in [0.25, 0.3) is 5.69 Å². The van der Waals surface area contributed by atoms with Crippen LogP contribution in [-0.4, -0.2) is 58.8 Å². The molecule has 7 nitrogen and oxygen atoms in total. The van der Waals surface area contributed by atoms with E-state index in [1.165, 1.54) is 23.9 Å². The first-order valence-corrected chi connectivity index (χ1v) is 10.1. The lowest BCUT2D eigenvalue weighted by Crippen LogP contribution is -2.38. The van der Waals surface area contributed by atoms with Gasteiger partial charge in [-0.05, 0) is 31.0 Å². The number of anilines is 1. The van der Waals surface area contributed by atoms with Crippen molar-refractivity contribution in [1.29, 1.82) is 0 Å². The van der Waals surface area contributed by atoms with E-state index in [1.807, 2.05) is 10.6 Å². The molecule has 4 rings (SSSR count). The average Bonchev–Trinajstić information content (AvgIpc) is 3.00. The van der Waals surface area contributed by atoms with Gasteiger partial charge in [0.25, 0.3) is 0 Å². The van der Waals surface area contributed by atoms with Crippen LogP contribution in [0.3, 0.4) is 0 Å². The summed E-state index contributed by atoms with van der Waals surface area (Å²) in [6, 6.07) is 6.37. The zero-order valence-electron chi connectivity index (χ0n) is 14.9. The van der Waals surface area contributed by atoms with Crippen LogP contribution in [0, 0.1) is 5.82 Å². The third-order valence-corrected chi connectivity index (χ3v) is 5.92. The molecule has 1 amide bonds. The molecule has 2 saturated heterocycles. The lowest BCUT2D eigenvalue weighted by molar-refractivity contribution is -0.120. The van der Waals surface area contributed by atoms with Gasteiger partial charge in [-0.15, -0.1) is 10.2 Å². The van der Waals surface area contributed by atoms with Crippen molar-refractivity contribution < 1.29 is 13.9 Å². The van der Waals surface area contributed by atoms with Crippen molar-refractivity contribution in [2.45, 2.75) is 29.7 Å². The van der Waals surface area contributed by atoms with Crippen LogP contribution in [0.1, 0.15) is 19.3 Å². The zero-order chi connectivity index (χ0) is 18.6. The molecule has 144 valence electrons. The van der Waals surface area contributed by atoms with Crippen molar-refractivity contribution in [1.82, 2.24) is 20.1 Å². The van der Waals surface area contributed by atoms with Crippen LogP contribution in [0.5, 0.6) is 0 Å². The molecular weight excluding hydrogens is 369 g/mol. The van der Waals surface area contributed by atoms with Crippen molar-refractivity contribution in [3.8, 4) is 5.69 Å². The molecule has 3 heterocycles. The molecule has 2 fully saturated rings. The van der Waals surface area contributed by atoms with E-state index in [1.54, 1.807) is 6.07 Å². The van der Waals surface area contributed by atoms with Gasteiger partial charge < -0.3 is 15.0 Å². The Hall–Kier alpha value is -2.13. The summed E-state index contributed by atoms with van der Waals surface area (Å²) in [6.45, 7) is 3.34. The maximum absolute atomic E-state index is 13.9. The summed E-state index contributed by atoms with van der Waals surface area (Å²) in [4.78, 5) is 14.4. The molecule has 0 bridgehead atoms. The number of aromatic nitrogens is 3. The Morgan fingerprint density at radius 3 is 2.89 bits per heavy atom. The summed E-state index contributed by atoms with van der Waals surface area (Å²) in [5.41, 5.74) is 0.651. The Labute approximate surface area is 161 Å². The van der Waals surface area contributed by atoms with Crippen molar-refractivity contribution in [2.75, 3.05) is 37.7 Å². The van der Waals surface area contributed by atoms with Gasteiger partial charge in [-0.1, -0.05) is 24.2 Å². The molecule has 1 aromatic carbocycles. The molecular formula is C18H22FN5O2S. The molecule has 0 spiro atoms. The normalized spacial score (nSPS) is 21.0.